The van der Waals surface area contributed by atoms with E-state index in [2.05, 4.69) is 15.6 Å². The Labute approximate surface area is 135 Å². The minimum absolute atomic E-state index is 0.0390. The molecule has 116 valence electrons. The lowest BCUT2D eigenvalue weighted by molar-refractivity contribution is -0.122. The molecular formula is C13H15N5O2S2. The second kappa shape index (κ2) is 6.41. The predicted octanol–water partition coefficient (Wildman–Crippen LogP) is 1.62. The Morgan fingerprint density at radius 3 is 2.77 bits per heavy atom. The number of H-pyrrole nitrogens is 1. The Bertz CT molecular complexity index is 713. The normalized spacial score (nSPS) is 15.7. The van der Waals surface area contributed by atoms with E-state index in [1.54, 1.807) is 4.90 Å². The molecule has 2 aromatic rings. The van der Waals surface area contributed by atoms with Crippen LogP contribution in [0.5, 0.6) is 0 Å². The molecule has 0 aliphatic carbocycles. The SMILES string of the molecule is O=C(Nn1cn[nH]c1=S)C1CCN(C(=O)c2ccsc2)CC1. The number of amides is 2. The summed E-state index contributed by atoms with van der Waals surface area (Å²) in [5, 5.41) is 10.1. The first-order chi connectivity index (χ1) is 10.6. The molecule has 1 aliphatic rings. The molecule has 1 aliphatic heterocycles. The van der Waals surface area contributed by atoms with E-state index in [4.69, 9.17) is 12.2 Å². The van der Waals surface area contributed by atoms with Gasteiger partial charge in [0.2, 0.25) is 10.7 Å². The van der Waals surface area contributed by atoms with Crippen LogP contribution in [-0.4, -0.2) is 44.7 Å². The maximum atomic E-state index is 12.2. The lowest BCUT2D eigenvalue weighted by Crippen LogP contribution is -2.42. The van der Waals surface area contributed by atoms with E-state index in [1.807, 2.05) is 16.8 Å². The zero-order valence-corrected chi connectivity index (χ0v) is 13.3. The third kappa shape index (κ3) is 3.09. The van der Waals surface area contributed by atoms with Gasteiger partial charge in [-0.2, -0.15) is 16.4 Å². The highest BCUT2D eigenvalue weighted by Crippen LogP contribution is 2.20. The van der Waals surface area contributed by atoms with Gasteiger partial charge in [-0.3, -0.25) is 20.1 Å². The van der Waals surface area contributed by atoms with E-state index in [0.717, 1.165) is 5.56 Å². The minimum atomic E-state index is -0.122. The second-order valence-corrected chi connectivity index (χ2v) is 6.25. The molecule has 0 spiro atoms. The van der Waals surface area contributed by atoms with E-state index < -0.39 is 0 Å². The number of piperidine rings is 1. The highest BCUT2D eigenvalue weighted by atomic mass is 32.1. The van der Waals surface area contributed by atoms with E-state index >= 15 is 0 Å². The first kappa shape index (κ1) is 14.9. The first-order valence-corrected chi connectivity index (χ1v) is 8.24. The average Bonchev–Trinajstić information content (AvgIpc) is 3.19. The van der Waals surface area contributed by atoms with E-state index in [-0.39, 0.29) is 17.7 Å². The van der Waals surface area contributed by atoms with Crippen molar-refractivity contribution in [3.05, 3.63) is 33.5 Å². The summed E-state index contributed by atoms with van der Waals surface area (Å²) in [6.07, 6.45) is 2.72. The van der Waals surface area contributed by atoms with Crippen molar-refractivity contribution in [2.45, 2.75) is 12.8 Å². The molecular weight excluding hydrogens is 322 g/mol. The Morgan fingerprint density at radius 1 is 1.41 bits per heavy atom. The maximum Gasteiger partial charge on any atom is 0.254 e. The van der Waals surface area contributed by atoms with Crippen LogP contribution in [-0.2, 0) is 4.79 Å². The van der Waals surface area contributed by atoms with Crippen LogP contribution in [0.15, 0.2) is 23.2 Å². The summed E-state index contributed by atoms with van der Waals surface area (Å²) in [4.78, 5) is 26.2. The average molecular weight is 337 g/mol. The Morgan fingerprint density at radius 2 is 2.18 bits per heavy atom. The van der Waals surface area contributed by atoms with Crippen LogP contribution in [0, 0.1) is 10.7 Å². The van der Waals surface area contributed by atoms with Crippen LogP contribution in [0.25, 0.3) is 0 Å². The molecule has 0 atom stereocenters. The number of nitrogens with one attached hydrogen (secondary N) is 2. The number of hydrogen-bond acceptors (Lipinski definition) is 5. The Kier molecular flexibility index (Phi) is 4.34. The molecule has 3 heterocycles. The van der Waals surface area contributed by atoms with Gasteiger partial charge in [-0.15, -0.1) is 0 Å². The quantitative estimate of drug-likeness (QED) is 0.834. The van der Waals surface area contributed by atoms with Crippen molar-refractivity contribution >= 4 is 35.4 Å². The fraction of sp³-hybridized carbons (Fsp3) is 0.385. The molecule has 0 bridgehead atoms. The van der Waals surface area contributed by atoms with E-state index in [1.165, 1.54) is 22.3 Å². The summed E-state index contributed by atoms with van der Waals surface area (Å²) in [6.45, 7) is 1.17. The number of carbonyl (C=O) groups excluding carboxylic acids is 2. The van der Waals surface area contributed by atoms with Crippen LogP contribution in [0.4, 0.5) is 0 Å². The Hall–Kier alpha value is -2.00. The van der Waals surface area contributed by atoms with Crippen molar-refractivity contribution in [1.29, 1.82) is 0 Å². The summed E-state index contributed by atoms with van der Waals surface area (Å²) in [5.41, 5.74) is 3.43. The molecule has 0 unspecified atom stereocenters. The zero-order valence-electron chi connectivity index (χ0n) is 11.7. The minimum Gasteiger partial charge on any atom is -0.339 e. The first-order valence-electron chi connectivity index (χ1n) is 6.89. The third-order valence-electron chi connectivity index (χ3n) is 3.70. The van der Waals surface area contributed by atoms with Gasteiger partial charge in [0.1, 0.15) is 6.33 Å². The number of nitrogens with zero attached hydrogens (tertiary/aromatic N) is 3. The van der Waals surface area contributed by atoms with Gasteiger partial charge in [0.25, 0.3) is 5.91 Å². The Balaban J connectivity index is 1.55. The van der Waals surface area contributed by atoms with Crippen molar-refractivity contribution in [2.75, 3.05) is 18.5 Å². The van der Waals surface area contributed by atoms with Crippen LogP contribution in [0.1, 0.15) is 23.2 Å². The molecule has 9 heteroatoms. The smallest absolute Gasteiger partial charge is 0.254 e. The van der Waals surface area contributed by atoms with Crippen LogP contribution >= 0.6 is 23.6 Å². The van der Waals surface area contributed by atoms with Crippen LogP contribution in [0.3, 0.4) is 0 Å². The molecule has 2 N–H and O–H groups in total. The van der Waals surface area contributed by atoms with Gasteiger partial charge in [0.15, 0.2) is 0 Å². The van der Waals surface area contributed by atoms with Gasteiger partial charge in [-0.05, 0) is 36.5 Å². The van der Waals surface area contributed by atoms with E-state index in [0.29, 0.717) is 30.7 Å². The van der Waals surface area contributed by atoms with Crippen molar-refractivity contribution in [3.8, 4) is 0 Å². The van der Waals surface area contributed by atoms with Gasteiger partial charge in [-0.1, -0.05) is 0 Å². The topological polar surface area (TPSA) is 83.0 Å². The molecule has 1 saturated heterocycles. The molecule has 1 fully saturated rings. The number of thiophene rings is 1. The number of carbonyl (C=O) groups is 2. The van der Waals surface area contributed by atoms with Crippen molar-refractivity contribution in [2.24, 2.45) is 5.92 Å². The lowest BCUT2D eigenvalue weighted by Gasteiger charge is -2.31. The molecule has 0 radical (unpaired) electrons. The second-order valence-electron chi connectivity index (χ2n) is 5.09. The fourth-order valence-corrected chi connectivity index (χ4v) is 3.23. The van der Waals surface area contributed by atoms with E-state index in [9.17, 15) is 9.59 Å². The number of aromatic nitrogens is 3. The summed E-state index contributed by atoms with van der Waals surface area (Å²) in [7, 11) is 0. The maximum absolute atomic E-state index is 12.2. The summed E-state index contributed by atoms with van der Waals surface area (Å²) in [6, 6.07) is 1.83. The van der Waals surface area contributed by atoms with Gasteiger partial charge < -0.3 is 4.90 Å². The number of rotatable bonds is 3. The monoisotopic (exact) mass is 337 g/mol. The number of hydrogen-bond donors (Lipinski definition) is 2. The lowest BCUT2D eigenvalue weighted by atomic mass is 9.96. The molecule has 7 nitrogen and oxygen atoms in total. The summed E-state index contributed by atoms with van der Waals surface area (Å²) in [5.74, 6) is -0.180. The van der Waals surface area contributed by atoms with Gasteiger partial charge >= 0.3 is 0 Å². The third-order valence-corrected chi connectivity index (χ3v) is 4.68. The van der Waals surface area contributed by atoms with Crippen molar-refractivity contribution < 1.29 is 9.59 Å². The van der Waals surface area contributed by atoms with Crippen molar-refractivity contribution in [3.63, 3.8) is 0 Å². The number of likely N-dealkylation sites (tertiary alicyclic amines) is 1. The molecule has 22 heavy (non-hydrogen) atoms. The number of aromatic amines is 1. The molecule has 2 aromatic heterocycles. The van der Waals surface area contributed by atoms with Crippen molar-refractivity contribution in [1.82, 2.24) is 19.8 Å². The summed E-state index contributed by atoms with van der Waals surface area (Å²) < 4.78 is 1.74. The highest BCUT2D eigenvalue weighted by molar-refractivity contribution is 7.71. The van der Waals surface area contributed by atoms with Crippen LogP contribution in [0.2, 0.25) is 0 Å². The standard InChI is InChI=1S/C13H15N5O2S2/c19-11(16-18-8-14-15-13(18)21)9-1-4-17(5-2-9)12(20)10-3-6-22-7-10/h3,6-9H,1-2,4-5H2,(H,15,21)(H,16,19). The largest absolute Gasteiger partial charge is 0.339 e. The summed E-state index contributed by atoms with van der Waals surface area (Å²) >= 11 is 6.49. The highest BCUT2D eigenvalue weighted by Gasteiger charge is 2.28. The van der Waals surface area contributed by atoms with Gasteiger partial charge in [0, 0.05) is 24.4 Å². The van der Waals surface area contributed by atoms with Crippen LogP contribution < -0.4 is 5.43 Å². The molecule has 3 rings (SSSR count). The fourth-order valence-electron chi connectivity index (χ4n) is 2.45. The molecule has 0 aromatic carbocycles. The van der Waals surface area contributed by atoms with Gasteiger partial charge in [0.05, 0.1) is 5.56 Å². The van der Waals surface area contributed by atoms with Gasteiger partial charge in [-0.25, -0.2) is 4.68 Å². The molecule has 2 amide bonds. The predicted molar refractivity (Wildman–Crippen MR) is 84.7 cm³/mol. The zero-order chi connectivity index (χ0) is 15.5. The molecule has 0 saturated carbocycles.